The Hall–Kier alpha value is -4.53. The molecule has 9 nitrogen and oxygen atoms in total. The summed E-state index contributed by atoms with van der Waals surface area (Å²) in [6.07, 6.45) is 3.28. The highest BCUT2D eigenvalue weighted by molar-refractivity contribution is 5.97. The molecule has 1 amide bonds. The molecule has 0 radical (unpaired) electrons. The molecule has 1 atom stereocenters. The van der Waals surface area contributed by atoms with Gasteiger partial charge in [0.2, 0.25) is 0 Å². The lowest BCUT2D eigenvalue weighted by atomic mass is 10.1. The second-order valence-electron chi connectivity index (χ2n) is 7.92. The Bertz CT molecular complexity index is 1490. The summed E-state index contributed by atoms with van der Waals surface area (Å²) < 4.78 is 6.09. The molecule has 178 valence electrons. The number of rotatable bonds is 7. The molecule has 0 aliphatic carbocycles. The molecule has 0 bridgehead atoms. The van der Waals surface area contributed by atoms with Crippen molar-refractivity contribution >= 4 is 22.8 Å². The number of carbonyl (C=O) groups excluding carboxylic acids is 2. The van der Waals surface area contributed by atoms with Crippen molar-refractivity contribution in [1.29, 1.82) is 0 Å². The largest absolute Gasteiger partial charge is 0.462 e. The normalized spacial score (nSPS) is 11.7. The smallest absolute Gasteiger partial charge is 0.338 e. The average Bonchev–Trinajstić information content (AvgIpc) is 2.88. The number of aromatic amines is 1. The van der Waals surface area contributed by atoms with Crippen LogP contribution in [0.2, 0.25) is 0 Å². The van der Waals surface area contributed by atoms with Gasteiger partial charge in [-0.3, -0.25) is 19.1 Å². The molecule has 2 heterocycles. The monoisotopic (exact) mass is 472 g/mol. The van der Waals surface area contributed by atoms with Crippen LogP contribution in [0.15, 0.2) is 76.6 Å². The Morgan fingerprint density at radius 2 is 1.71 bits per heavy atom. The fourth-order valence-electron chi connectivity index (χ4n) is 3.77. The van der Waals surface area contributed by atoms with Gasteiger partial charge in [-0.15, -0.1) is 0 Å². The number of carbonyl (C=O) groups is 2. The minimum absolute atomic E-state index is 0.219. The Morgan fingerprint density at radius 1 is 1.03 bits per heavy atom. The van der Waals surface area contributed by atoms with Crippen LogP contribution in [0.3, 0.4) is 0 Å². The van der Waals surface area contributed by atoms with Crippen molar-refractivity contribution in [3.8, 4) is 0 Å². The number of nitrogens with zero attached hydrogens (tertiary/aromatic N) is 2. The topological polar surface area (TPSA) is 123 Å². The van der Waals surface area contributed by atoms with Crippen LogP contribution in [0.5, 0.6) is 0 Å². The summed E-state index contributed by atoms with van der Waals surface area (Å²) >= 11 is 0. The van der Waals surface area contributed by atoms with Gasteiger partial charge in [0.15, 0.2) is 0 Å². The van der Waals surface area contributed by atoms with Crippen LogP contribution in [-0.2, 0) is 11.3 Å². The van der Waals surface area contributed by atoms with Gasteiger partial charge in [0, 0.05) is 24.5 Å². The highest BCUT2D eigenvalue weighted by atomic mass is 16.5. The van der Waals surface area contributed by atoms with E-state index in [1.807, 2.05) is 0 Å². The van der Waals surface area contributed by atoms with Crippen molar-refractivity contribution in [2.45, 2.75) is 26.4 Å². The van der Waals surface area contributed by atoms with E-state index >= 15 is 0 Å². The van der Waals surface area contributed by atoms with Crippen LogP contribution < -0.4 is 16.6 Å². The van der Waals surface area contributed by atoms with E-state index in [1.165, 1.54) is 6.07 Å². The lowest BCUT2D eigenvalue weighted by molar-refractivity contribution is 0.0526. The Kier molecular flexibility index (Phi) is 6.86. The van der Waals surface area contributed by atoms with E-state index < -0.39 is 23.3 Å². The minimum atomic E-state index is -0.615. The van der Waals surface area contributed by atoms with E-state index in [-0.39, 0.29) is 17.9 Å². The summed E-state index contributed by atoms with van der Waals surface area (Å²) in [5, 5.41) is 3.03. The van der Waals surface area contributed by atoms with Crippen LogP contribution in [0.25, 0.3) is 10.9 Å². The second kappa shape index (κ2) is 10.2. The number of hydrogen-bond acceptors (Lipinski definition) is 6. The third-order valence-electron chi connectivity index (χ3n) is 5.69. The average molecular weight is 473 g/mol. The molecule has 0 aliphatic rings. The zero-order chi connectivity index (χ0) is 24.9. The number of fused-ring (bicyclic) bond motifs is 1. The summed E-state index contributed by atoms with van der Waals surface area (Å²) in [6, 6.07) is 14.1. The molecule has 0 spiro atoms. The molecular formula is C26H24N4O5. The van der Waals surface area contributed by atoms with Crippen molar-refractivity contribution < 1.29 is 14.3 Å². The van der Waals surface area contributed by atoms with Crippen molar-refractivity contribution in [1.82, 2.24) is 19.9 Å². The Labute approximate surface area is 200 Å². The van der Waals surface area contributed by atoms with E-state index in [4.69, 9.17) is 4.74 Å². The maximum Gasteiger partial charge on any atom is 0.338 e. The number of pyridine rings is 1. The molecule has 4 aromatic rings. The molecule has 4 rings (SSSR count). The summed E-state index contributed by atoms with van der Waals surface area (Å²) in [6.45, 7) is 4.02. The summed E-state index contributed by atoms with van der Waals surface area (Å²) in [7, 11) is 0. The number of hydrogen-bond donors (Lipinski definition) is 2. The van der Waals surface area contributed by atoms with Gasteiger partial charge in [0.05, 0.1) is 29.1 Å². The number of amides is 1. The first-order chi connectivity index (χ1) is 16.9. The van der Waals surface area contributed by atoms with E-state index in [9.17, 15) is 19.2 Å². The first-order valence-corrected chi connectivity index (χ1v) is 11.1. The lowest BCUT2D eigenvalue weighted by Gasteiger charge is -2.16. The second-order valence-corrected chi connectivity index (χ2v) is 7.92. The van der Waals surface area contributed by atoms with Crippen molar-refractivity contribution in [2.75, 3.05) is 6.61 Å². The van der Waals surface area contributed by atoms with Crippen molar-refractivity contribution in [2.24, 2.45) is 0 Å². The molecule has 1 unspecified atom stereocenters. The van der Waals surface area contributed by atoms with Gasteiger partial charge >= 0.3 is 11.7 Å². The van der Waals surface area contributed by atoms with Gasteiger partial charge in [0.1, 0.15) is 0 Å². The number of esters is 1. The highest BCUT2D eigenvalue weighted by Gasteiger charge is 2.17. The SMILES string of the molecule is CCOC(=O)c1ccc(C(C)n2c(=O)[nH]c3ccc(C(=O)NCc4ccncc4)cc3c2=O)cc1. The maximum atomic E-state index is 13.3. The molecule has 0 aliphatic heterocycles. The van der Waals surface area contributed by atoms with Gasteiger partial charge in [-0.1, -0.05) is 12.1 Å². The third-order valence-corrected chi connectivity index (χ3v) is 5.69. The number of aromatic nitrogens is 3. The standard InChI is InChI=1S/C26H24N4O5/c1-3-35-25(33)19-6-4-18(5-7-19)16(2)30-24(32)21-14-20(8-9-22(21)29-26(30)34)23(31)28-15-17-10-12-27-13-11-17/h4-14,16H,3,15H2,1-2H3,(H,28,31)(H,29,34). The number of H-pyrrole nitrogens is 1. The zero-order valence-corrected chi connectivity index (χ0v) is 19.3. The van der Waals surface area contributed by atoms with Crippen LogP contribution in [0, 0.1) is 0 Å². The number of nitrogens with one attached hydrogen (secondary N) is 2. The molecule has 2 N–H and O–H groups in total. The van der Waals surface area contributed by atoms with Crippen LogP contribution >= 0.6 is 0 Å². The predicted octanol–water partition coefficient (Wildman–Crippen LogP) is 2.80. The van der Waals surface area contributed by atoms with Crippen LogP contribution in [0.4, 0.5) is 0 Å². The summed E-state index contributed by atoms with van der Waals surface area (Å²) in [5.41, 5.74) is 1.49. The van der Waals surface area contributed by atoms with Crippen LogP contribution in [0.1, 0.15) is 51.7 Å². The Morgan fingerprint density at radius 3 is 2.40 bits per heavy atom. The number of ether oxygens (including phenoxy) is 1. The van der Waals surface area contributed by atoms with Gasteiger partial charge < -0.3 is 15.0 Å². The maximum absolute atomic E-state index is 13.3. The molecule has 0 saturated carbocycles. The van der Waals surface area contributed by atoms with Crippen molar-refractivity contribution in [3.05, 3.63) is 110 Å². The fraction of sp³-hybridized carbons (Fsp3) is 0.192. The van der Waals surface area contributed by atoms with E-state index in [0.717, 1.165) is 10.1 Å². The van der Waals surface area contributed by atoms with Gasteiger partial charge in [0.25, 0.3) is 11.5 Å². The summed E-state index contributed by atoms with van der Waals surface area (Å²) in [5.74, 6) is -0.786. The van der Waals surface area contributed by atoms with Crippen LogP contribution in [-0.4, -0.2) is 33.0 Å². The lowest BCUT2D eigenvalue weighted by Crippen LogP contribution is -2.37. The zero-order valence-electron chi connectivity index (χ0n) is 19.3. The van der Waals surface area contributed by atoms with Gasteiger partial charge in [-0.05, 0) is 67.4 Å². The molecule has 2 aromatic carbocycles. The predicted molar refractivity (Wildman–Crippen MR) is 130 cm³/mol. The molecular weight excluding hydrogens is 448 g/mol. The summed E-state index contributed by atoms with van der Waals surface area (Å²) in [4.78, 5) is 57.3. The molecule has 0 saturated heterocycles. The van der Waals surface area contributed by atoms with Crippen molar-refractivity contribution in [3.63, 3.8) is 0 Å². The molecule has 9 heteroatoms. The third kappa shape index (κ3) is 5.03. The Balaban J connectivity index is 1.63. The van der Waals surface area contributed by atoms with Gasteiger partial charge in [-0.25, -0.2) is 9.59 Å². The quantitative estimate of drug-likeness (QED) is 0.399. The van der Waals surface area contributed by atoms with E-state index in [2.05, 4.69) is 15.3 Å². The first kappa shape index (κ1) is 23.6. The van der Waals surface area contributed by atoms with E-state index in [1.54, 1.807) is 74.8 Å². The molecule has 35 heavy (non-hydrogen) atoms. The molecule has 2 aromatic heterocycles. The number of benzene rings is 2. The minimum Gasteiger partial charge on any atom is -0.462 e. The molecule has 0 fully saturated rings. The van der Waals surface area contributed by atoms with E-state index in [0.29, 0.717) is 28.8 Å². The highest BCUT2D eigenvalue weighted by Crippen LogP contribution is 2.17. The fourth-order valence-corrected chi connectivity index (χ4v) is 3.77. The first-order valence-electron chi connectivity index (χ1n) is 11.1. The van der Waals surface area contributed by atoms with Gasteiger partial charge in [-0.2, -0.15) is 0 Å².